The number of Topliss-reactive ketones (excluding diaryl/α,β-unsaturated/α-hetero) is 1. The van der Waals surface area contributed by atoms with Crippen LogP contribution in [0.25, 0.3) is 5.76 Å². The van der Waals surface area contributed by atoms with E-state index in [9.17, 15) is 19.1 Å². The van der Waals surface area contributed by atoms with Crippen LogP contribution >= 0.6 is 0 Å². The lowest BCUT2D eigenvalue weighted by molar-refractivity contribution is -0.140. The molecule has 1 saturated heterocycles. The highest BCUT2D eigenvalue weighted by atomic mass is 19.1. The maximum atomic E-state index is 13.8. The molecule has 1 atom stereocenters. The number of nitrogens with zero attached hydrogens (tertiary/aromatic N) is 3. The number of carbonyl (C=O) groups is 2. The smallest absolute Gasteiger partial charge is 0.295 e. The fourth-order valence-corrected chi connectivity index (χ4v) is 3.27. The highest BCUT2D eigenvalue weighted by Gasteiger charge is 2.46. The van der Waals surface area contributed by atoms with Gasteiger partial charge in [0.05, 0.1) is 23.9 Å². The second-order valence-electron chi connectivity index (χ2n) is 6.89. The predicted molar refractivity (Wildman–Crippen MR) is 105 cm³/mol. The van der Waals surface area contributed by atoms with E-state index in [0.717, 1.165) is 6.07 Å². The number of ether oxygens (including phenoxy) is 1. The lowest BCUT2D eigenvalue weighted by Gasteiger charge is -2.25. The number of aliphatic hydroxyl groups excluding tert-OH is 1. The molecule has 3 rings (SSSR count). The van der Waals surface area contributed by atoms with E-state index in [0.29, 0.717) is 12.2 Å². The van der Waals surface area contributed by atoms with Crippen molar-refractivity contribution in [3.63, 3.8) is 0 Å². The number of aliphatic hydroxyl groups is 1. The number of benzene rings is 1. The van der Waals surface area contributed by atoms with Gasteiger partial charge >= 0.3 is 0 Å². The minimum Gasteiger partial charge on any atom is -0.507 e. The first kappa shape index (κ1) is 20.5. The van der Waals surface area contributed by atoms with Crippen molar-refractivity contribution in [2.24, 2.45) is 0 Å². The van der Waals surface area contributed by atoms with Crippen LogP contribution in [0, 0.1) is 5.82 Å². The molecule has 0 spiro atoms. The average Bonchev–Trinajstić information content (AvgIpc) is 2.97. The van der Waals surface area contributed by atoms with Crippen LogP contribution in [0.1, 0.15) is 17.3 Å². The molecule has 0 saturated carbocycles. The zero-order valence-electron chi connectivity index (χ0n) is 16.4. The fraction of sp³-hybridized carbons (Fsp3) is 0.286. The van der Waals surface area contributed by atoms with Crippen LogP contribution in [0.15, 0.2) is 48.2 Å². The highest BCUT2D eigenvalue weighted by molar-refractivity contribution is 6.46. The molecule has 1 N–H and O–H groups in total. The van der Waals surface area contributed by atoms with E-state index in [4.69, 9.17) is 4.74 Å². The Kier molecular flexibility index (Phi) is 5.93. The van der Waals surface area contributed by atoms with E-state index in [1.54, 1.807) is 24.4 Å². The number of methoxy groups -OCH3 is 1. The Balaban J connectivity index is 2.19. The molecule has 29 heavy (non-hydrogen) atoms. The van der Waals surface area contributed by atoms with E-state index in [2.05, 4.69) is 4.98 Å². The summed E-state index contributed by atoms with van der Waals surface area (Å²) in [6, 6.07) is 7.84. The number of likely N-dealkylation sites (N-methyl/N-ethyl adjacent to an activating group) is 1. The number of hydrogen-bond acceptors (Lipinski definition) is 6. The lowest BCUT2D eigenvalue weighted by Crippen LogP contribution is -2.35. The summed E-state index contributed by atoms with van der Waals surface area (Å²) in [6.45, 7) is 0.773. The van der Waals surface area contributed by atoms with Crippen molar-refractivity contribution in [2.45, 2.75) is 6.04 Å². The van der Waals surface area contributed by atoms with Gasteiger partial charge in [-0.3, -0.25) is 14.6 Å². The summed E-state index contributed by atoms with van der Waals surface area (Å²) in [4.78, 5) is 33.1. The van der Waals surface area contributed by atoms with Crippen molar-refractivity contribution >= 4 is 17.4 Å². The van der Waals surface area contributed by atoms with Crippen LogP contribution < -0.4 is 4.74 Å². The largest absolute Gasteiger partial charge is 0.507 e. The van der Waals surface area contributed by atoms with Crippen LogP contribution in [0.2, 0.25) is 0 Å². The molecule has 1 aromatic heterocycles. The van der Waals surface area contributed by atoms with Crippen LogP contribution in [0.4, 0.5) is 4.39 Å². The van der Waals surface area contributed by atoms with E-state index in [-0.39, 0.29) is 23.4 Å². The first-order valence-corrected chi connectivity index (χ1v) is 9.03. The van der Waals surface area contributed by atoms with E-state index < -0.39 is 29.3 Å². The van der Waals surface area contributed by atoms with Gasteiger partial charge in [0.15, 0.2) is 0 Å². The van der Waals surface area contributed by atoms with Gasteiger partial charge in [0.25, 0.3) is 11.7 Å². The quantitative estimate of drug-likeness (QED) is 0.456. The Morgan fingerprint density at radius 3 is 2.66 bits per heavy atom. The Morgan fingerprint density at radius 1 is 1.28 bits per heavy atom. The van der Waals surface area contributed by atoms with Gasteiger partial charge in [-0.15, -0.1) is 0 Å². The van der Waals surface area contributed by atoms with E-state index in [1.165, 1.54) is 24.1 Å². The molecule has 1 unspecified atom stereocenters. The molecular formula is C21H22FN3O4. The molecule has 1 aliphatic rings. The summed E-state index contributed by atoms with van der Waals surface area (Å²) in [7, 11) is 5.07. The number of halogens is 1. The SMILES string of the molecule is COc1ccc(F)cc1C(O)=C1C(=O)C(=O)N(CCN(C)C)C1c1ccccn1. The van der Waals surface area contributed by atoms with Crippen molar-refractivity contribution in [2.75, 3.05) is 34.3 Å². The number of pyridine rings is 1. The van der Waals surface area contributed by atoms with Gasteiger partial charge in [0.2, 0.25) is 0 Å². The molecule has 1 aliphatic heterocycles. The zero-order chi connectivity index (χ0) is 21.1. The molecule has 2 heterocycles. The molecule has 8 heteroatoms. The molecule has 7 nitrogen and oxygen atoms in total. The molecule has 1 fully saturated rings. The molecule has 0 aliphatic carbocycles. The number of rotatable bonds is 6. The van der Waals surface area contributed by atoms with Gasteiger partial charge in [-0.25, -0.2) is 4.39 Å². The first-order chi connectivity index (χ1) is 13.8. The predicted octanol–water partition coefficient (Wildman–Crippen LogP) is 2.21. The Bertz CT molecular complexity index is 960. The first-order valence-electron chi connectivity index (χ1n) is 9.03. The average molecular weight is 399 g/mol. The maximum Gasteiger partial charge on any atom is 0.295 e. The second kappa shape index (κ2) is 8.40. The maximum absolute atomic E-state index is 13.8. The fourth-order valence-electron chi connectivity index (χ4n) is 3.27. The summed E-state index contributed by atoms with van der Waals surface area (Å²) in [5.41, 5.74) is 0.290. The number of hydrogen-bond donors (Lipinski definition) is 1. The highest BCUT2D eigenvalue weighted by Crippen LogP contribution is 2.40. The van der Waals surface area contributed by atoms with E-state index in [1.807, 2.05) is 19.0 Å². The van der Waals surface area contributed by atoms with E-state index >= 15 is 0 Å². The van der Waals surface area contributed by atoms with Crippen molar-refractivity contribution in [3.05, 3.63) is 65.2 Å². The van der Waals surface area contributed by atoms with Crippen LogP contribution in [0.3, 0.4) is 0 Å². The van der Waals surface area contributed by atoms with Crippen LogP contribution in [0.5, 0.6) is 5.75 Å². The third-order valence-corrected chi connectivity index (χ3v) is 4.71. The summed E-state index contributed by atoms with van der Waals surface area (Å²) < 4.78 is 19.0. The molecule has 0 bridgehead atoms. The van der Waals surface area contributed by atoms with Crippen molar-refractivity contribution in [3.8, 4) is 5.75 Å². The second-order valence-corrected chi connectivity index (χ2v) is 6.89. The monoisotopic (exact) mass is 399 g/mol. The van der Waals surface area contributed by atoms with Gasteiger partial charge in [0, 0.05) is 19.3 Å². The Hall–Kier alpha value is -3.26. The van der Waals surface area contributed by atoms with Crippen LogP contribution in [-0.2, 0) is 9.59 Å². The number of aromatic nitrogens is 1. The number of ketones is 1. The summed E-state index contributed by atoms with van der Waals surface area (Å²) >= 11 is 0. The molecule has 152 valence electrons. The zero-order valence-corrected chi connectivity index (χ0v) is 16.4. The summed E-state index contributed by atoms with van der Waals surface area (Å²) in [5.74, 6) is -2.50. The van der Waals surface area contributed by atoms with Crippen molar-refractivity contribution in [1.29, 1.82) is 0 Å². The third-order valence-electron chi connectivity index (χ3n) is 4.71. The molecular weight excluding hydrogens is 377 g/mol. The van der Waals surface area contributed by atoms with Gasteiger partial charge < -0.3 is 19.6 Å². The number of likely N-dealkylation sites (tertiary alicyclic amines) is 1. The van der Waals surface area contributed by atoms with Gasteiger partial charge in [-0.1, -0.05) is 6.07 Å². The Morgan fingerprint density at radius 2 is 2.03 bits per heavy atom. The van der Waals surface area contributed by atoms with Crippen LogP contribution in [-0.4, -0.2) is 65.9 Å². The summed E-state index contributed by atoms with van der Waals surface area (Å²) in [5, 5.41) is 11.0. The Labute approximate surface area is 168 Å². The number of carbonyl (C=O) groups excluding carboxylic acids is 2. The lowest BCUT2D eigenvalue weighted by atomic mass is 9.98. The van der Waals surface area contributed by atoms with Gasteiger partial charge in [-0.2, -0.15) is 0 Å². The van der Waals surface area contributed by atoms with Crippen molar-refractivity contribution in [1.82, 2.24) is 14.8 Å². The number of amides is 1. The summed E-state index contributed by atoms with van der Waals surface area (Å²) in [6.07, 6.45) is 1.55. The minimum absolute atomic E-state index is 0.000888. The normalized spacial score (nSPS) is 18.5. The molecule has 0 radical (unpaired) electrons. The molecule has 1 amide bonds. The molecule has 2 aromatic rings. The van der Waals surface area contributed by atoms with Gasteiger partial charge in [0.1, 0.15) is 23.4 Å². The third kappa shape index (κ3) is 3.97. The topological polar surface area (TPSA) is 83.0 Å². The minimum atomic E-state index is -0.885. The molecule has 1 aromatic carbocycles. The standard InChI is InChI=1S/C21H22FN3O4/c1-24(2)10-11-25-18(15-6-4-5-9-23-15)17(20(27)21(25)28)19(26)14-12-13(22)7-8-16(14)29-3/h4-9,12,18,26H,10-11H2,1-3H3. The van der Waals surface area contributed by atoms with Gasteiger partial charge in [-0.05, 0) is 44.4 Å². The van der Waals surface area contributed by atoms with Crippen molar-refractivity contribution < 1.29 is 23.8 Å².